The molecule has 0 radical (unpaired) electrons. The number of aromatic nitrogens is 2. The standard InChI is InChI=1S/C20H20N4O/c1-14-7-8-18(11-15(14)2)24-20(25)23-13-17-6-4-10-22-19(17)16-5-3-9-21-12-16/h3-12H,13H2,1-2H3,(H2,23,24,25). The van der Waals surface area contributed by atoms with E-state index in [-0.39, 0.29) is 6.03 Å². The van der Waals surface area contributed by atoms with Crippen LogP contribution in [0.1, 0.15) is 16.7 Å². The van der Waals surface area contributed by atoms with Gasteiger partial charge in [-0.2, -0.15) is 0 Å². The molecule has 0 atom stereocenters. The van der Waals surface area contributed by atoms with Crippen LogP contribution in [-0.4, -0.2) is 16.0 Å². The van der Waals surface area contributed by atoms with Crippen LogP contribution in [-0.2, 0) is 6.54 Å². The average Bonchev–Trinajstić information content (AvgIpc) is 2.64. The van der Waals surface area contributed by atoms with Crippen molar-refractivity contribution in [1.82, 2.24) is 15.3 Å². The molecule has 5 nitrogen and oxygen atoms in total. The fourth-order valence-corrected chi connectivity index (χ4v) is 2.51. The molecule has 0 aliphatic heterocycles. The minimum atomic E-state index is -0.246. The van der Waals surface area contributed by atoms with Crippen molar-refractivity contribution in [3.63, 3.8) is 0 Å². The van der Waals surface area contributed by atoms with Crippen LogP contribution in [0.15, 0.2) is 61.1 Å². The van der Waals surface area contributed by atoms with Gasteiger partial charge in [0.15, 0.2) is 0 Å². The summed E-state index contributed by atoms with van der Waals surface area (Å²) in [6, 6.07) is 13.2. The summed E-state index contributed by atoms with van der Waals surface area (Å²) in [5, 5.41) is 5.74. The second-order valence-corrected chi connectivity index (χ2v) is 5.86. The summed E-state index contributed by atoms with van der Waals surface area (Å²) in [7, 11) is 0. The zero-order chi connectivity index (χ0) is 17.6. The van der Waals surface area contributed by atoms with E-state index in [2.05, 4.69) is 20.6 Å². The molecule has 3 rings (SSSR count). The van der Waals surface area contributed by atoms with Gasteiger partial charge in [-0.15, -0.1) is 0 Å². The van der Waals surface area contributed by atoms with Gasteiger partial charge in [-0.1, -0.05) is 12.1 Å². The van der Waals surface area contributed by atoms with E-state index in [1.54, 1.807) is 18.6 Å². The van der Waals surface area contributed by atoms with E-state index < -0.39 is 0 Å². The molecule has 2 heterocycles. The SMILES string of the molecule is Cc1ccc(NC(=O)NCc2cccnc2-c2cccnc2)cc1C. The van der Waals surface area contributed by atoms with Gasteiger partial charge in [0, 0.05) is 36.4 Å². The van der Waals surface area contributed by atoms with Crippen molar-refractivity contribution in [2.45, 2.75) is 20.4 Å². The molecule has 0 spiro atoms. The predicted octanol–water partition coefficient (Wildman–Crippen LogP) is 4.08. The van der Waals surface area contributed by atoms with Crippen molar-refractivity contribution in [1.29, 1.82) is 0 Å². The molecule has 5 heteroatoms. The van der Waals surface area contributed by atoms with Gasteiger partial charge in [-0.05, 0) is 60.9 Å². The first-order valence-corrected chi connectivity index (χ1v) is 8.10. The average molecular weight is 332 g/mol. The van der Waals surface area contributed by atoms with E-state index in [1.807, 2.05) is 56.3 Å². The molecular weight excluding hydrogens is 312 g/mol. The van der Waals surface area contributed by atoms with Crippen molar-refractivity contribution in [3.8, 4) is 11.3 Å². The number of amides is 2. The van der Waals surface area contributed by atoms with Crippen LogP contribution in [0, 0.1) is 13.8 Å². The van der Waals surface area contributed by atoms with Crippen molar-refractivity contribution >= 4 is 11.7 Å². The van der Waals surface area contributed by atoms with E-state index in [0.717, 1.165) is 28.1 Å². The van der Waals surface area contributed by atoms with Crippen molar-refractivity contribution in [2.75, 3.05) is 5.32 Å². The lowest BCUT2D eigenvalue weighted by molar-refractivity contribution is 0.252. The van der Waals surface area contributed by atoms with Crippen LogP contribution >= 0.6 is 0 Å². The number of carbonyl (C=O) groups is 1. The number of hydrogen-bond donors (Lipinski definition) is 2. The predicted molar refractivity (Wildman–Crippen MR) is 99.2 cm³/mol. The summed E-state index contributed by atoms with van der Waals surface area (Å²) >= 11 is 0. The van der Waals surface area contributed by atoms with Crippen LogP contribution in [0.5, 0.6) is 0 Å². The molecule has 0 unspecified atom stereocenters. The highest BCUT2D eigenvalue weighted by molar-refractivity contribution is 5.89. The van der Waals surface area contributed by atoms with Crippen LogP contribution in [0.25, 0.3) is 11.3 Å². The third kappa shape index (κ3) is 4.20. The molecule has 25 heavy (non-hydrogen) atoms. The van der Waals surface area contributed by atoms with Crippen molar-refractivity contribution in [3.05, 3.63) is 77.7 Å². The molecule has 0 saturated heterocycles. The first-order valence-electron chi connectivity index (χ1n) is 8.10. The molecule has 2 amide bonds. The fraction of sp³-hybridized carbons (Fsp3) is 0.150. The Labute approximate surface area is 147 Å². The Morgan fingerprint density at radius 1 is 1.04 bits per heavy atom. The Balaban J connectivity index is 1.67. The molecule has 0 bridgehead atoms. The van der Waals surface area contributed by atoms with Crippen molar-refractivity contribution < 1.29 is 4.79 Å². The monoisotopic (exact) mass is 332 g/mol. The molecule has 3 aromatic rings. The number of nitrogens with zero attached hydrogens (tertiary/aromatic N) is 2. The van der Waals surface area contributed by atoms with E-state index in [9.17, 15) is 4.79 Å². The smallest absolute Gasteiger partial charge is 0.319 e. The molecular formula is C20H20N4O. The fourth-order valence-electron chi connectivity index (χ4n) is 2.51. The molecule has 0 fully saturated rings. The summed E-state index contributed by atoms with van der Waals surface area (Å²) in [5.41, 5.74) is 5.80. The first kappa shape index (κ1) is 16.6. The highest BCUT2D eigenvalue weighted by atomic mass is 16.2. The van der Waals surface area contributed by atoms with Gasteiger partial charge in [0.05, 0.1) is 5.69 Å². The number of rotatable bonds is 4. The van der Waals surface area contributed by atoms with Gasteiger partial charge >= 0.3 is 6.03 Å². The topological polar surface area (TPSA) is 66.9 Å². The molecule has 2 N–H and O–H groups in total. The summed E-state index contributed by atoms with van der Waals surface area (Å²) < 4.78 is 0. The van der Waals surface area contributed by atoms with Gasteiger partial charge < -0.3 is 10.6 Å². The van der Waals surface area contributed by atoms with E-state index in [4.69, 9.17) is 0 Å². The highest BCUT2D eigenvalue weighted by Gasteiger charge is 2.08. The Hall–Kier alpha value is -3.21. The number of pyridine rings is 2. The molecule has 1 aromatic carbocycles. The zero-order valence-corrected chi connectivity index (χ0v) is 14.3. The summed E-state index contributed by atoms with van der Waals surface area (Å²) in [5.74, 6) is 0. The first-order chi connectivity index (χ1) is 12.1. The second kappa shape index (κ2) is 7.57. The van der Waals surface area contributed by atoms with Gasteiger partial charge in [-0.3, -0.25) is 9.97 Å². The second-order valence-electron chi connectivity index (χ2n) is 5.86. The Bertz CT molecular complexity index is 878. The summed E-state index contributed by atoms with van der Waals surface area (Å²) in [6.45, 7) is 4.45. The Morgan fingerprint density at radius 3 is 2.64 bits per heavy atom. The Morgan fingerprint density at radius 2 is 1.88 bits per heavy atom. The molecule has 0 aliphatic rings. The number of anilines is 1. The zero-order valence-electron chi connectivity index (χ0n) is 14.3. The Kier molecular flexibility index (Phi) is 5.04. The number of hydrogen-bond acceptors (Lipinski definition) is 3. The normalized spacial score (nSPS) is 10.3. The maximum absolute atomic E-state index is 12.2. The molecule has 126 valence electrons. The van der Waals surface area contributed by atoms with E-state index >= 15 is 0 Å². The number of nitrogens with one attached hydrogen (secondary N) is 2. The lowest BCUT2D eigenvalue weighted by Gasteiger charge is -2.11. The van der Waals surface area contributed by atoms with Gasteiger partial charge in [0.25, 0.3) is 0 Å². The summed E-state index contributed by atoms with van der Waals surface area (Å²) in [6.07, 6.45) is 5.23. The third-order valence-electron chi connectivity index (χ3n) is 4.03. The molecule has 0 aliphatic carbocycles. The lowest BCUT2D eigenvalue weighted by atomic mass is 10.1. The van der Waals surface area contributed by atoms with Gasteiger partial charge in [0.1, 0.15) is 0 Å². The van der Waals surface area contributed by atoms with Crippen LogP contribution in [0.3, 0.4) is 0 Å². The maximum atomic E-state index is 12.2. The minimum Gasteiger partial charge on any atom is -0.334 e. The lowest BCUT2D eigenvalue weighted by Crippen LogP contribution is -2.28. The van der Waals surface area contributed by atoms with Gasteiger partial charge in [0.2, 0.25) is 0 Å². The van der Waals surface area contributed by atoms with Crippen LogP contribution < -0.4 is 10.6 Å². The molecule has 2 aromatic heterocycles. The maximum Gasteiger partial charge on any atom is 0.319 e. The number of urea groups is 1. The van der Waals surface area contributed by atoms with Gasteiger partial charge in [-0.25, -0.2) is 4.79 Å². The van der Waals surface area contributed by atoms with Crippen LogP contribution in [0.2, 0.25) is 0 Å². The largest absolute Gasteiger partial charge is 0.334 e. The van der Waals surface area contributed by atoms with Crippen molar-refractivity contribution in [2.24, 2.45) is 0 Å². The number of carbonyl (C=O) groups excluding carboxylic acids is 1. The molecule has 0 saturated carbocycles. The van der Waals surface area contributed by atoms with E-state index in [1.165, 1.54) is 5.56 Å². The summed E-state index contributed by atoms with van der Waals surface area (Å²) in [4.78, 5) is 20.7. The third-order valence-corrected chi connectivity index (χ3v) is 4.03. The highest BCUT2D eigenvalue weighted by Crippen LogP contribution is 2.20. The number of benzene rings is 1. The minimum absolute atomic E-state index is 0.246. The van der Waals surface area contributed by atoms with Crippen LogP contribution in [0.4, 0.5) is 10.5 Å². The van der Waals surface area contributed by atoms with E-state index in [0.29, 0.717) is 6.54 Å². The quantitative estimate of drug-likeness (QED) is 0.756. The number of aryl methyl sites for hydroxylation is 2.